The van der Waals surface area contributed by atoms with Crippen LogP contribution in [0.4, 0.5) is 11.6 Å². The second-order valence-electron chi connectivity index (χ2n) is 4.31. The lowest BCUT2D eigenvalue weighted by molar-refractivity contribution is 0.316. The Balaban J connectivity index is 2.64. The van der Waals surface area contributed by atoms with Gasteiger partial charge in [-0.1, -0.05) is 20.8 Å². The molecule has 0 amide bonds. The summed E-state index contributed by atoms with van der Waals surface area (Å²) in [5.41, 5.74) is 6.82. The van der Waals surface area contributed by atoms with Gasteiger partial charge in [-0.25, -0.2) is 9.97 Å². The van der Waals surface area contributed by atoms with E-state index >= 15 is 0 Å². The molecule has 0 fully saturated rings. The van der Waals surface area contributed by atoms with E-state index in [9.17, 15) is 0 Å². The summed E-state index contributed by atoms with van der Waals surface area (Å²) in [6.07, 6.45) is 0.801. The van der Waals surface area contributed by atoms with Gasteiger partial charge >= 0.3 is 0 Å². The first-order valence-electron chi connectivity index (χ1n) is 6.71. The van der Waals surface area contributed by atoms with Gasteiger partial charge in [-0.15, -0.1) is 0 Å². The lowest BCUT2D eigenvalue weighted by Gasteiger charge is -2.19. The molecule has 0 aromatic carbocycles. The van der Waals surface area contributed by atoms with Crippen LogP contribution in [0.15, 0.2) is 0 Å². The molecule has 3 N–H and O–H groups in total. The van der Waals surface area contributed by atoms with Crippen molar-refractivity contribution < 1.29 is 0 Å². The van der Waals surface area contributed by atoms with Crippen LogP contribution in [0.5, 0.6) is 0 Å². The highest BCUT2D eigenvalue weighted by Gasteiger charge is 2.07. The molecule has 0 saturated carbocycles. The zero-order chi connectivity index (χ0) is 13.5. The molecule has 1 rings (SSSR count). The number of hydrogen-bond acceptors (Lipinski definition) is 5. The molecular formula is C13H25N5. The number of nitrogens with two attached hydrogens (primary N) is 1. The lowest BCUT2D eigenvalue weighted by Crippen LogP contribution is -2.29. The number of hydrogen-bond donors (Lipinski definition) is 2. The van der Waals surface area contributed by atoms with Gasteiger partial charge in [-0.3, -0.25) is 0 Å². The average Bonchev–Trinajstić information content (AvgIpc) is 2.39. The standard InChI is InChI=1S/C13H25N5/c1-5-11-16-12(14)10(4)13(17-11)15-8-9-18(6-2)7-3/h5-9H2,1-4H3,(H3,14,15,16,17). The van der Waals surface area contributed by atoms with E-state index in [1.54, 1.807) is 0 Å². The molecule has 1 aromatic rings. The molecule has 102 valence electrons. The van der Waals surface area contributed by atoms with Crippen molar-refractivity contribution in [2.45, 2.75) is 34.1 Å². The molecule has 18 heavy (non-hydrogen) atoms. The van der Waals surface area contributed by atoms with Gasteiger partial charge in [-0.05, 0) is 20.0 Å². The summed E-state index contributed by atoms with van der Waals surface area (Å²) >= 11 is 0. The van der Waals surface area contributed by atoms with Crippen LogP contribution in [-0.4, -0.2) is 41.0 Å². The second kappa shape index (κ2) is 7.16. The predicted molar refractivity (Wildman–Crippen MR) is 76.8 cm³/mol. The number of nitrogen functional groups attached to an aromatic ring is 1. The lowest BCUT2D eigenvalue weighted by atomic mass is 10.3. The number of nitrogens with zero attached hydrogens (tertiary/aromatic N) is 3. The Morgan fingerprint density at radius 1 is 1.17 bits per heavy atom. The summed E-state index contributed by atoms with van der Waals surface area (Å²) < 4.78 is 0. The van der Waals surface area contributed by atoms with E-state index in [1.165, 1.54) is 0 Å². The van der Waals surface area contributed by atoms with Crippen molar-refractivity contribution in [2.75, 3.05) is 37.2 Å². The van der Waals surface area contributed by atoms with Crippen molar-refractivity contribution in [2.24, 2.45) is 0 Å². The van der Waals surface area contributed by atoms with Crippen LogP contribution in [0.2, 0.25) is 0 Å². The van der Waals surface area contributed by atoms with Crippen molar-refractivity contribution in [1.29, 1.82) is 0 Å². The third kappa shape index (κ3) is 3.84. The summed E-state index contributed by atoms with van der Waals surface area (Å²) in [5.74, 6) is 2.24. The Morgan fingerprint density at radius 2 is 1.83 bits per heavy atom. The van der Waals surface area contributed by atoms with Crippen LogP contribution in [0.25, 0.3) is 0 Å². The molecule has 0 aliphatic rings. The Labute approximate surface area is 110 Å². The van der Waals surface area contributed by atoms with Crippen molar-refractivity contribution in [1.82, 2.24) is 14.9 Å². The summed E-state index contributed by atoms with van der Waals surface area (Å²) in [5, 5.41) is 3.35. The SMILES string of the molecule is CCc1nc(N)c(C)c(NCCN(CC)CC)n1. The third-order valence-corrected chi connectivity index (χ3v) is 3.16. The van der Waals surface area contributed by atoms with Crippen LogP contribution in [0, 0.1) is 6.92 Å². The minimum atomic E-state index is 0.576. The van der Waals surface area contributed by atoms with Crippen molar-refractivity contribution in [3.63, 3.8) is 0 Å². The molecule has 1 aromatic heterocycles. The molecule has 1 heterocycles. The molecule has 0 unspecified atom stereocenters. The van der Waals surface area contributed by atoms with Crippen LogP contribution in [-0.2, 0) is 6.42 Å². The molecule has 0 aliphatic heterocycles. The molecule has 0 bridgehead atoms. The minimum Gasteiger partial charge on any atom is -0.383 e. The predicted octanol–water partition coefficient (Wildman–Crippen LogP) is 1.68. The van der Waals surface area contributed by atoms with E-state index in [0.29, 0.717) is 5.82 Å². The van der Waals surface area contributed by atoms with Gasteiger partial charge in [0.15, 0.2) is 0 Å². The first-order chi connectivity index (χ1) is 8.62. The zero-order valence-corrected chi connectivity index (χ0v) is 12.0. The molecule has 0 atom stereocenters. The topological polar surface area (TPSA) is 67.1 Å². The summed E-state index contributed by atoms with van der Waals surface area (Å²) in [4.78, 5) is 11.1. The molecule has 0 aliphatic carbocycles. The summed E-state index contributed by atoms with van der Waals surface area (Å²) in [6, 6.07) is 0. The van der Waals surface area contributed by atoms with E-state index in [4.69, 9.17) is 5.73 Å². The average molecular weight is 251 g/mol. The Kier molecular flexibility index (Phi) is 5.85. The molecular weight excluding hydrogens is 226 g/mol. The minimum absolute atomic E-state index is 0.576. The van der Waals surface area contributed by atoms with Crippen LogP contribution >= 0.6 is 0 Å². The highest BCUT2D eigenvalue weighted by atomic mass is 15.1. The van der Waals surface area contributed by atoms with Gasteiger partial charge < -0.3 is 16.0 Å². The fourth-order valence-electron chi connectivity index (χ4n) is 1.78. The van der Waals surface area contributed by atoms with Gasteiger partial charge in [0.25, 0.3) is 0 Å². The Hall–Kier alpha value is -1.36. The van der Waals surface area contributed by atoms with Gasteiger partial charge in [0.05, 0.1) is 0 Å². The van der Waals surface area contributed by atoms with E-state index in [-0.39, 0.29) is 0 Å². The first kappa shape index (κ1) is 14.7. The molecule has 0 spiro atoms. The van der Waals surface area contributed by atoms with Crippen molar-refractivity contribution in [3.05, 3.63) is 11.4 Å². The van der Waals surface area contributed by atoms with Crippen molar-refractivity contribution in [3.8, 4) is 0 Å². The third-order valence-electron chi connectivity index (χ3n) is 3.16. The number of aromatic nitrogens is 2. The normalized spacial score (nSPS) is 10.9. The zero-order valence-electron chi connectivity index (χ0n) is 12.0. The van der Waals surface area contributed by atoms with Gasteiger partial charge in [0.1, 0.15) is 17.5 Å². The maximum Gasteiger partial charge on any atom is 0.134 e. The van der Waals surface area contributed by atoms with Crippen LogP contribution in [0.1, 0.15) is 32.2 Å². The summed E-state index contributed by atoms with van der Waals surface area (Å²) in [6.45, 7) is 12.4. The van der Waals surface area contributed by atoms with Gasteiger partial charge in [-0.2, -0.15) is 0 Å². The second-order valence-corrected chi connectivity index (χ2v) is 4.31. The molecule has 0 radical (unpaired) electrons. The number of anilines is 2. The van der Waals surface area contributed by atoms with Crippen LogP contribution < -0.4 is 11.1 Å². The highest BCUT2D eigenvalue weighted by molar-refractivity contribution is 5.54. The van der Waals surface area contributed by atoms with Gasteiger partial charge in [0, 0.05) is 25.1 Å². The van der Waals surface area contributed by atoms with E-state index < -0.39 is 0 Å². The Morgan fingerprint density at radius 3 is 2.39 bits per heavy atom. The monoisotopic (exact) mass is 251 g/mol. The fraction of sp³-hybridized carbons (Fsp3) is 0.692. The van der Waals surface area contributed by atoms with Crippen molar-refractivity contribution >= 4 is 11.6 Å². The highest BCUT2D eigenvalue weighted by Crippen LogP contribution is 2.17. The quantitative estimate of drug-likeness (QED) is 0.772. The molecule has 5 nitrogen and oxygen atoms in total. The maximum atomic E-state index is 5.88. The van der Waals surface area contributed by atoms with E-state index in [2.05, 4.69) is 34.0 Å². The number of nitrogens with one attached hydrogen (secondary N) is 1. The summed E-state index contributed by atoms with van der Waals surface area (Å²) in [7, 11) is 0. The molecule has 0 saturated heterocycles. The van der Waals surface area contributed by atoms with Crippen LogP contribution in [0.3, 0.4) is 0 Å². The fourth-order valence-corrected chi connectivity index (χ4v) is 1.78. The molecule has 5 heteroatoms. The number of rotatable bonds is 7. The largest absolute Gasteiger partial charge is 0.383 e. The number of aryl methyl sites for hydroxylation is 1. The maximum absolute atomic E-state index is 5.88. The van der Waals surface area contributed by atoms with E-state index in [1.807, 2.05) is 13.8 Å². The Bertz CT molecular complexity index is 374. The van der Waals surface area contributed by atoms with Gasteiger partial charge in [0.2, 0.25) is 0 Å². The number of likely N-dealkylation sites (N-methyl/N-ethyl adjacent to an activating group) is 1. The smallest absolute Gasteiger partial charge is 0.134 e. The first-order valence-corrected chi connectivity index (χ1v) is 6.71. The van der Waals surface area contributed by atoms with E-state index in [0.717, 1.165) is 49.8 Å².